The van der Waals surface area contributed by atoms with E-state index in [4.69, 9.17) is 14.6 Å². The third-order valence-corrected chi connectivity index (χ3v) is 13.3. The fourth-order valence-electron chi connectivity index (χ4n) is 9.72. The van der Waals surface area contributed by atoms with Crippen molar-refractivity contribution in [1.82, 2.24) is 14.8 Å². The summed E-state index contributed by atoms with van der Waals surface area (Å²) in [6.45, 7) is 11.7. The molecule has 0 aliphatic heterocycles. The minimum absolute atomic E-state index is 0.133. The van der Waals surface area contributed by atoms with E-state index in [1.165, 1.54) is 63.4 Å². The van der Waals surface area contributed by atoms with Gasteiger partial charge in [0.2, 0.25) is 0 Å². The van der Waals surface area contributed by atoms with Gasteiger partial charge < -0.3 is 4.42 Å². The van der Waals surface area contributed by atoms with Gasteiger partial charge in [0.15, 0.2) is 11.6 Å². The summed E-state index contributed by atoms with van der Waals surface area (Å²) in [5.74, 6) is 2.52. The Morgan fingerprint density at radius 2 is 1.13 bits per heavy atom. The van der Waals surface area contributed by atoms with Crippen molar-refractivity contribution in [3.63, 3.8) is 0 Å². The van der Waals surface area contributed by atoms with E-state index in [1.54, 1.807) is 0 Å². The van der Waals surface area contributed by atoms with Crippen LogP contribution in [0.2, 0.25) is 0 Å². The highest BCUT2D eigenvalue weighted by Gasteiger charge is 2.35. The van der Waals surface area contributed by atoms with Crippen molar-refractivity contribution in [3.05, 3.63) is 173 Å². The molecule has 1 fully saturated rings. The number of nitrogens with zero attached hydrogens (tertiary/aromatic N) is 3. The molecule has 0 unspecified atom stereocenters. The number of fused-ring (bicyclic) bond motifs is 3. The van der Waals surface area contributed by atoms with Crippen molar-refractivity contribution in [2.75, 3.05) is 0 Å². The molecule has 0 spiro atoms. The monoisotopic (exact) mass is 789 g/mol. The van der Waals surface area contributed by atoms with Crippen LogP contribution >= 0.6 is 0 Å². The van der Waals surface area contributed by atoms with Crippen molar-refractivity contribution >= 4 is 21.9 Å². The second-order valence-electron chi connectivity index (χ2n) is 19.0. The fraction of sp³-hybridized carbons (Fsp3) is 0.321. The van der Waals surface area contributed by atoms with Gasteiger partial charge in [-0.15, -0.1) is 10.2 Å². The first-order valence-corrected chi connectivity index (χ1v) is 22.3. The lowest BCUT2D eigenvalue weighted by molar-refractivity contribution is 0.0970. The molecule has 8 aromatic rings. The zero-order valence-corrected chi connectivity index (χ0v) is 36.2. The standard InChI is InChI=1S/C56H59N3O/c1-6-56(4,5)47-29-27-46(28-30-47)54-58-57-53(59(54)48-18-8-7-9-19-48)45-25-22-39(23-26-45)14-12-16-41-32-42(34-43(33-41)35-44-37-55(2,3)38-44)17-13-15-40-24-31-52-50(36-40)49-20-10-11-21-51(49)60-52/h7-11,18-34,36,44H,6,12-17,35,37-38H2,1-5H3. The molecule has 1 saturated carbocycles. The Morgan fingerprint density at radius 1 is 0.583 bits per heavy atom. The molecular formula is C56H59N3O. The molecule has 1 aliphatic carbocycles. The van der Waals surface area contributed by atoms with E-state index < -0.39 is 0 Å². The zero-order valence-electron chi connectivity index (χ0n) is 36.2. The summed E-state index contributed by atoms with van der Waals surface area (Å²) < 4.78 is 8.29. The number of para-hydroxylation sites is 2. The molecule has 2 aromatic heterocycles. The molecule has 0 amide bonds. The van der Waals surface area contributed by atoms with Crippen LogP contribution in [0.4, 0.5) is 0 Å². The highest BCUT2D eigenvalue weighted by atomic mass is 16.3. The van der Waals surface area contributed by atoms with Crippen LogP contribution in [0, 0.1) is 11.3 Å². The van der Waals surface area contributed by atoms with Crippen LogP contribution in [0.3, 0.4) is 0 Å². The Labute approximate surface area is 356 Å². The molecule has 0 atom stereocenters. The number of aromatic nitrogens is 3. The van der Waals surface area contributed by atoms with E-state index in [0.717, 1.165) is 90.5 Å². The number of rotatable bonds is 15. The Hall–Kier alpha value is -5.74. The van der Waals surface area contributed by atoms with Crippen LogP contribution < -0.4 is 0 Å². The van der Waals surface area contributed by atoms with Gasteiger partial charge in [-0.2, -0.15) is 0 Å². The lowest BCUT2D eigenvalue weighted by Gasteiger charge is -2.43. The third-order valence-electron chi connectivity index (χ3n) is 13.3. The second-order valence-corrected chi connectivity index (χ2v) is 19.0. The largest absolute Gasteiger partial charge is 0.456 e. The molecule has 0 radical (unpaired) electrons. The van der Waals surface area contributed by atoms with Crippen LogP contribution in [0.5, 0.6) is 0 Å². The highest BCUT2D eigenvalue weighted by Crippen LogP contribution is 2.46. The normalized spacial score (nSPS) is 14.2. The van der Waals surface area contributed by atoms with Gasteiger partial charge in [-0.3, -0.25) is 4.57 Å². The molecule has 9 rings (SSSR count). The quantitative estimate of drug-likeness (QED) is 0.104. The Bertz CT molecular complexity index is 2710. The van der Waals surface area contributed by atoms with E-state index in [-0.39, 0.29) is 5.41 Å². The summed E-state index contributed by atoms with van der Waals surface area (Å²) in [4.78, 5) is 0. The maximum atomic E-state index is 6.09. The summed E-state index contributed by atoms with van der Waals surface area (Å²) in [7, 11) is 0. The average Bonchev–Trinajstić information content (AvgIpc) is 3.86. The van der Waals surface area contributed by atoms with E-state index in [1.807, 2.05) is 6.07 Å². The summed E-state index contributed by atoms with van der Waals surface area (Å²) >= 11 is 0. The van der Waals surface area contributed by atoms with Gasteiger partial charge >= 0.3 is 0 Å². The van der Waals surface area contributed by atoms with Gasteiger partial charge in [-0.05, 0) is 145 Å². The van der Waals surface area contributed by atoms with E-state index in [9.17, 15) is 0 Å². The molecule has 0 saturated heterocycles. The molecule has 60 heavy (non-hydrogen) atoms. The maximum absolute atomic E-state index is 6.09. The first kappa shape index (κ1) is 39.7. The first-order valence-electron chi connectivity index (χ1n) is 22.3. The molecule has 4 heteroatoms. The van der Waals surface area contributed by atoms with E-state index in [2.05, 4.69) is 173 Å². The molecule has 0 N–H and O–H groups in total. The van der Waals surface area contributed by atoms with Crippen molar-refractivity contribution < 1.29 is 4.42 Å². The minimum Gasteiger partial charge on any atom is -0.456 e. The smallest absolute Gasteiger partial charge is 0.168 e. The van der Waals surface area contributed by atoms with E-state index in [0.29, 0.717) is 5.41 Å². The number of aryl methyl sites for hydroxylation is 4. The van der Waals surface area contributed by atoms with Crippen LogP contribution in [-0.2, 0) is 37.5 Å². The topological polar surface area (TPSA) is 43.9 Å². The predicted molar refractivity (Wildman–Crippen MR) is 250 cm³/mol. The summed E-state index contributed by atoms with van der Waals surface area (Å²) in [5, 5.41) is 12.0. The van der Waals surface area contributed by atoms with Crippen molar-refractivity contribution in [3.8, 4) is 28.5 Å². The van der Waals surface area contributed by atoms with Gasteiger partial charge in [0.25, 0.3) is 0 Å². The molecule has 2 heterocycles. The first-order chi connectivity index (χ1) is 29.1. The lowest BCUT2D eigenvalue weighted by Crippen LogP contribution is -2.32. The average molecular weight is 790 g/mol. The zero-order chi connectivity index (χ0) is 41.3. The molecule has 304 valence electrons. The summed E-state index contributed by atoms with van der Waals surface area (Å²) in [6.07, 6.45) is 11.5. The van der Waals surface area contributed by atoms with Gasteiger partial charge in [0, 0.05) is 27.6 Å². The van der Waals surface area contributed by atoms with Crippen molar-refractivity contribution in [2.45, 2.75) is 104 Å². The number of furan rings is 1. The van der Waals surface area contributed by atoms with E-state index >= 15 is 0 Å². The van der Waals surface area contributed by atoms with Crippen LogP contribution in [0.25, 0.3) is 50.4 Å². The third kappa shape index (κ3) is 8.61. The number of benzene rings is 6. The molecule has 0 bridgehead atoms. The lowest BCUT2D eigenvalue weighted by atomic mass is 9.63. The SMILES string of the molecule is CCC(C)(C)c1ccc(-c2nnc(-c3ccc(CCCc4cc(CCCc5ccc6oc7ccccc7c6c5)cc(CC5CC(C)(C)C5)c4)cc3)n2-c2ccccc2)cc1. The van der Waals surface area contributed by atoms with Crippen LogP contribution in [-0.4, -0.2) is 14.8 Å². The molecular weight excluding hydrogens is 731 g/mol. The van der Waals surface area contributed by atoms with Gasteiger partial charge in [-0.25, -0.2) is 0 Å². The van der Waals surface area contributed by atoms with Crippen molar-refractivity contribution in [2.24, 2.45) is 11.3 Å². The van der Waals surface area contributed by atoms with Gasteiger partial charge in [-0.1, -0.05) is 144 Å². The Morgan fingerprint density at radius 3 is 1.78 bits per heavy atom. The molecule has 4 nitrogen and oxygen atoms in total. The summed E-state index contributed by atoms with van der Waals surface area (Å²) in [6, 6.07) is 51.0. The predicted octanol–water partition coefficient (Wildman–Crippen LogP) is 14.5. The second kappa shape index (κ2) is 16.7. The molecule has 1 aliphatic rings. The highest BCUT2D eigenvalue weighted by molar-refractivity contribution is 6.05. The Kier molecular flexibility index (Phi) is 11.1. The minimum atomic E-state index is 0.133. The van der Waals surface area contributed by atoms with Crippen molar-refractivity contribution in [1.29, 1.82) is 0 Å². The molecule has 6 aromatic carbocycles. The van der Waals surface area contributed by atoms with Gasteiger partial charge in [0.1, 0.15) is 11.2 Å². The maximum Gasteiger partial charge on any atom is 0.168 e. The van der Waals surface area contributed by atoms with Gasteiger partial charge in [0.05, 0.1) is 0 Å². The summed E-state index contributed by atoms with van der Waals surface area (Å²) in [5.41, 5.74) is 14.3. The Balaban J connectivity index is 0.881. The number of hydrogen-bond donors (Lipinski definition) is 0. The van der Waals surface area contributed by atoms with Crippen LogP contribution in [0.15, 0.2) is 144 Å². The number of hydrogen-bond acceptors (Lipinski definition) is 3. The van der Waals surface area contributed by atoms with Crippen LogP contribution in [0.1, 0.15) is 100 Å². The fourth-order valence-corrected chi connectivity index (χ4v) is 9.72.